The summed E-state index contributed by atoms with van der Waals surface area (Å²) < 4.78 is 64.0. The minimum absolute atomic E-state index is 0.148. The third kappa shape index (κ3) is 5.14. The average molecular weight is 421 g/mol. The third-order valence-electron chi connectivity index (χ3n) is 3.64. The zero-order valence-electron chi connectivity index (χ0n) is 14.3. The number of nitrogens with zero attached hydrogens (tertiary/aromatic N) is 1. The van der Waals surface area contributed by atoms with Gasteiger partial charge >= 0.3 is 6.18 Å². The Hall–Kier alpha value is -2.26. The SMILES string of the molecule is C[C@H](C(=O)Nc1ccc(Cl)c(C(F)(F)F)c1)N(c1ccccc1)S(C)(=O)=O. The van der Waals surface area contributed by atoms with Crippen molar-refractivity contribution in [2.75, 3.05) is 15.9 Å². The standard InChI is InChI=1S/C17H16ClF3N2O3S/c1-11(23(27(2,25)26)13-6-4-3-5-7-13)16(24)22-12-8-9-15(18)14(10-12)17(19,20)21/h3-11H,1-2H3,(H,22,24)/t11-/m1/s1. The maximum absolute atomic E-state index is 12.9. The highest BCUT2D eigenvalue weighted by Gasteiger charge is 2.34. The average Bonchev–Trinajstić information content (AvgIpc) is 2.55. The van der Waals surface area contributed by atoms with Gasteiger partial charge < -0.3 is 5.32 Å². The Balaban J connectivity index is 2.31. The van der Waals surface area contributed by atoms with Gasteiger partial charge in [-0.1, -0.05) is 29.8 Å². The highest BCUT2D eigenvalue weighted by molar-refractivity contribution is 7.92. The zero-order valence-corrected chi connectivity index (χ0v) is 15.9. The molecule has 2 aromatic rings. The number of sulfonamides is 1. The lowest BCUT2D eigenvalue weighted by atomic mass is 10.2. The van der Waals surface area contributed by atoms with E-state index in [9.17, 15) is 26.4 Å². The van der Waals surface area contributed by atoms with E-state index in [-0.39, 0.29) is 11.4 Å². The molecule has 1 atom stereocenters. The minimum atomic E-state index is -4.69. The molecule has 5 nitrogen and oxygen atoms in total. The summed E-state index contributed by atoms with van der Waals surface area (Å²) >= 11 is 5.55. The number of rotatable bonds is 5. The first kappa shape index (κ1) is 21.0. The maximum atomic E-state index is 12.9. The molecule has 1 N–H and O–H groups in total. The summed E-state index contributed by atoms with van der Waals surface area (Å²) in [5.74, 6) is -0.792. The van der Waals surface area contributed by atoms with Crippen LogP contribution in [0.15, 0.2) is 48.5 Å². The second kappa shape index (κ2) is 7.77. The molecule has 2 rings (SSSR count). The van der Waals surface area contributed by atoms with Crippen LogP contribution in [0.3, 0.4) is 0 Å². The van der Waals surface area contributed by atoms with E-state index in [0.29, 0.717) is 6.07 Å². The number of anilines is 2. The molecule has 0 aliphatic rings. The predicted octanol–water partition coefficient (Wildman–Crippen LogP) is 4.15. The van der Waals surface area contributed by atoms with Crippen LogP contribution in [0.4, 0.5) is 24.5 Å². The Bertz CT molecular complexity index is 934. The highest BCUT2D eigenvalue weighted by atomic mass is 35.5. The van der Waals surface area contributed by atoms with E-state index in [1.54, 1.807) is 18.2 Å². The molecule has 0 aliphatic heterocycles. The molecule has 0 spiro atoms. The lowest BCUT2D eigenvalue weighted by Crippen LogP contribution is -2.45. The molecule has 10 heteroatoms. The number of carbonyl (C=O) groups excluding carboxylic acids is 1. The molecule has 1 amide bonds. The van der Waals surface area contributed by atoms with Gasteiger partial charge in [-0.25, -0.2) is 8.42 Å². The number of carbonyl (C=O) groups is 1. The van der Waals surface area contributed by atoms with Crippen LogP contribution in [0, 0.1) is 0 Å². The topological polar surface area (TPSA) is 66.5 Å². The van der Waals surface area contributed by atoms with Gasteiger partial charge in [-0.15, -0.1) is 0 Å². The summed E-state index contributed by atoms with van der Waals surface area (Å²) in [6.45, 7) is 1.34. The number of halogens is 4. The van der Waals surface area contributed by atoms with E-state index >= 15 is 0 Å². The number of para-hydroxylation sites is 1. The number of alkyl halides is 3. The number of hydrogen-bond acceptors (Lipinski definition) is 3. The van der Waals surface area contributed by atoms with E-state index in [0.717, 1.165) is 16.6 Å². The lowest BCUT2D eigenvalue weighted by molar-refractivity contribution is -0.137. The van der Waals surface area contributed by atoms with E-state index < -0.39 is 38.7 Å². The molecule has 0 aliphatic carbocycles. The fourth-order valence-corrected chi connectivity index (χ4v) is 3.85. The van der Waals surface area contributed by atoms with Crippen molar-refractivity contribution >= 4 is 38.9 Å². The van der Waals surface area contributed by atoms with Gasteiger partial charge in [0.15, 0.2) is 0 Å². The van der Waals surface area contributed by atoms with E-state index in [4.69, 9.17) is 11.6 Å². The third-order valence-corrected chi connectivity index (χ3v) is 5.21. The van der Waals surface area contributed by atoms with Crippen LogP contribution in [0.5, 0.6) is 0 Å². The lowest BCUT2D eigenvalue weighted by Gasteiger charge is -2.28. The van der Waals surface area contributed by atoms with Crippen molar-refractivity contribution in [3.63, 3.8) is 0 Å². The molecule has 0 unspecified atom stereocenters. The molecular weight excluding hydrogens is 405 g/mol. The Labute approximate surface area is 159 Å². The van der Waals surface area contributed by atoms with Crippen LogP contribution in [0.1, 0.15) is 12.5 Å². The van der Waals surface area contributed by atoms with Gasteiger partial charge in [-0.05, 0) is 37.3 Å². The zero-order chi connectivity index (χ0) is 20.4. The van der Waals surface area contributed by atoms with Crippen LogP contribution < -0.4 is 9.62 Å². The highest BCUT2D eigenvalue weighted by Crippen LogP contribution is 2.36. The van der Waals surface area contributed by atoms with Crippen LogP contribution in [0.2, 0.25) is 5.02 Å². The van der Waals surface area contributed by atoms with Crippen molar-refractivity contribution < 1.29 is 26.4 Å². The van der Waals surface area contributed by atoms with Crippen LogP contribution in [-0.2, 0) is 21.0 Å². The molecule has 0 heterocycles. The van der Waals surface area contributed by atoms with Crippen molar-refractivity contribution in [1.29, 1.82) is 0 Å². The van der Waals surface area contributed by atoms with Gasteiger partial charge in [-0.2, -0.15) is 13.2 Å². The van der Waals surface area contributed by atoms with E-state index in [1.165, 1.54) is 25.1 Å². The minimum Gasteiger partial charge on any atom is -0.324 e. The second-order valence-corrected chi connectivity index (χ2v) is 8.02. The summed E-state index contributed by atoms with van der Waals surface area (Å²) in [6.07, 6.45) is -3.75. The van der Waals surface area contributed by atoms with Crippen LogP contribution in [0.25, 0.3) is 0 Å². The molecule has 2 aromatic carbocycles. The predicted molar refractivity (Wildman–Crippen MR) is 98.3 cm³/mol. The first-order valence-corrected chi connectivity index (χ1v) is 9.86. The Morgan fingerprint density at radius 3 is 2.26 bits per heavy atom. The Morgan fingerprint density at radius 1 is 1.15 bits per heavy atom. The summed E-state index contributed by atoms with van der Waals surface area (Å²) in [7, 11) is -3.82. The van der Waals surface area contributed by atoms with E-state index in [1.807, 2.05) is 0 Å². The van der Waals surface area contributed by atoms with Gasteiger partial charge in [0.2, 0.25) is 15.9 Å². The van der Waals surface area contributed by atoms with Crippen molar-refractivity contribution in [2.45, 2.75) is 19.1 Å². The van der Waals surface area contributed by atoms with Crippen molar-refractivity contribution in [3.8, 4) is 0 Å². The number of nitrogens with one attached hydrogen (secondary N) is 1. The fraction of sp³-hybridized carbons (Fsp3) is 0.235. The molecule has 0 aromatic heterocycles. The van der Waals surface area contributed by atoms with Crippen LogP contribution >= 0.6 is 11.6 Å². The number of hydrogen-bond donors (Lipinski definition) is 1. The molecule has 0 fully saturated rings. The molecule has 146 valence electrons. The summed E-state index contributed by atoms with van der Waals surface area (Å²) in [6, 6.07) is 9.61. The quantitative estimate of drug-likeness (QED) is 0.790. The fourth-order valence-electron chi connectivity index (χ4n) is 2.45. The smallest absolute Gasteiger partial charge is 0.324 e. The van der Waals surface area contributed by atoms with Gasteiger partial charge in [-0.3, -0.25) is 9.10 Å². The monoisotopic (exact) mass is 420 g/mol. The van der Waals surface area contributed by atoms with Gasteiger partial charge in [0.25, 0.3) is 0 Å². The maximum Gasteiger partial charge on any atom is 0.417 e. The molecule has 27 heavy (non-hydrogen) atoms. The Kier molecular flexibility index (Phi) is 6.06. The van der Waals surface area contributed by atoms with E-state index in [2.05, 4.69) is 5.32 Å². The van der Waals surface area contributed by atoms with Crippen LogP contribution in [-0.4, -0.2) is 26.6 Å². The van der Waals surface area contributed by atoms with Crippen molar-refractivity contribution in [3.05, 3.63) is 59.1 Å². The number of benzene rings is 2. The van der Waals surface area contributed by atoms with Gasteiger partial charge in [0, 0.05) is 5.69 Å². The first-order valence-electron chi connectivity index (χ1n) is 7.63. The number of amides is 1. The molecule has 0 saturated heterocycles. The van der Waals surface area contributed by atoms with Gasteiger partial charge in [0.1, 0.15) is 6.04 Å². The molecule has 0 saturated carbocycles. The molecule has 0 radical (unpaired) electrons. The van der Waals surface area contributed by atoms with Crippen molar-refractivity contribution in [2.24, 2.45) is 0 Å². The molecule has 0 bridgehead atoms. The van der Waals surface area contributed by atoms with Gasteiger partial charge in [0.05, 0.1) is 22.5 Å². The largest absolute Gasteiger partial charge is 0.417 e. The second-order valence-electron chi connectivity index (χ2n) is 5.75. The summed E-state index contributed by atoms with van der Waals surface area (Å²) in [5, 5.41) is 1.80. The van der Waals surface area contributed by atoms with Crippen molar-refractivity contribution in [1.82, 2.24) is 0 Å². The summed E-state index contributed by atoms with van der Waals surface area (Å²) in [5.41, 5.74) is -0.988. The Morgan fingerprint density at radius 2 is 1.74 bits per heavy atom. The normalized spacial score (nSPS) is 13.1. The molecular formula is C17H16ClF3N2O3S. The summed E-state index contributed by atoms with van der Waals surface area (Å²) in [4.78, 5) is 12.5. The first-order chi connectivity index (χ1) is 12.4.